The minimum atomic E-state index is -4.76. The first kappa shape index (κ1) is 17.5. The number of rotatable bonds is 3. The Morgan fingerprint density at radius 3 is 2.62 bits per heavy atom. The van der Waals surface area contributed by atoms with Gasteiger partial charge in [-0.15, -0.1) is 0 Å². The number of hydrogen-bond acceptors (Lipinski definition) is 5. The highest BCUT2D eigenvalue weighted by molar-refractivity contribution is 5.95. The molecule has 1 saturated heterocycles. The third-order valence-corrected chi connectivity index (χ3v) is 5.49. The number of amides is 1. The summed E-state index contributed by atoms with van der Waals surface area (Å²) in [6, 6.07) is -0.298. The molecule has 142 valence electrons. The van der Waals surface area contributed by atoms with E-state index in [4.69, 9.17) is 9.47 Å². The van der Waals surface area contributed by atoms with Crippen molar-refractivity contribution in [3.8, 4) is 6.01 Å². The van der Waals surface area contributed by atoms with E-state index >= 15 is 0 Å². The van der Waals surface area contributed by atoms with Gasteiger partial charge in [-0.2, -0.15) is 18.2 Å². The molecule has 2 heterocycles. The maximum atomic E-state index is 13.5. The minimum absolute atomic E-state index is 0.129. The van der Waals surface area contributed by atoms with Gasteiger partial charge in [-0.25, -0.2) is 4.98 Å². The molecule has 3 aliphatic rings. The van der Waals surface area contributed by atoms with E-state index in [2.05, 4.69) is 9.97 Å². The molecule has 4 rings (SSSR count). The molecular weight excluding hydrogens is 351 g/mol. The lowest BCUT2D eigenvalue weighted by Crippen LogP contribution is -2.41. The second-order valence-electron chi connectivity index (χ2n) is 7.15. The quantitative estimate of drug-likeness (QED) is 0.817. The second-order valence-corrected chi connectivity index (χ2v) is 7.15. The SMILES string of the molecule is O=C(c1cnc(O[C@@H]2C[C@@H]3CC[C@H]2C3)nc1C(F)(F)F)N1CCOCC1. The molecule has 0 unspecified atom stereocenters. The number of nitrogens with zero attached hydrogens (tertiary/aromatic N) is 3. The molecule has 1 aromatic heterocycles. The van der Waals surface area contributed by atoms with E-state index in [1.54, 1.807) is 0 Å². The molecule has 9 heteroatoms. The van der Waals surface area contributed by atoms with Crippen molar-refractivity contribution < 1.29 is 27.4 Å². The maximum Gasteiger partial charge on any atom is 0.434 e. The fourth-order valence-corrected chi connectivity index (χ4v) is 4.20. The maximum absolute atomic E-state index is 13.5. The normalized spacial score (nSPS) is 28.4. The Labute approximate surface area is 148 Å². The standard InChI is InChI=1S/C17H20F3N3O3/c18-17(19,20)14-12(15(24)23-3-5-25-6-4-23)9-21-16(22-14)26-13-8-10-1-2-11(13)7-10/h9-11,13H,1-8H2/t10-,11+,13-/m1/s1. The molecule has 26 heavy (non-hydrogen) atoms. The smallest absolute Gasteiger partial charge is 0.434 e. The Morgan fingerprint density at radius 1 is 1.23 bits per heavy atom. The molecule has 1 aliphatic heterocycles. The van der Waals surface area contributed by atoms with E-state index in [0.717, 1.165) is 31.9 Å². The van der Waals surface area contributed by atoms with Crippen molar-refractivity contribution in [3.63, 3.8) is 0 Å². The Balaban J connectivity index is 1.57. The molecule has 3 fully saturated rings. The molecule has 2 bridgehead atoms. The van der Waals surface area contributed by atoms with Gasteiger partial charge in [0.2, 0.25) is 0 Å². The minimum Gasteiger partial charge on any atom is -0.460 e. The predicted molar refractivity (Wildman–Crippen MR) is 83.6 cm³/mol. The van der Waals surface area contributed by atoms with Crippen molar-refractivity contribution >= 4 is 5.91 Å². The number of fused-ring (bicyclic) bond motifs is 2. The van der Waals surface area contributed by atoms with Crippen molar-refractivity contribution in [2.45, 2.75) is 38.0 Å². The number of carbonyl (C=O) groups excluding carboxylic acids is 1. The lowest BCUT2D eigenvalue weighted by atomic mass is 9.98. The van der Waals surface area contributed by atoms with E-state index in [9.17, 15) is 18.0 Å². The summed E-state index contributed by atoms with van der Waals surface area (Å²) in [5.74, 6) is 0.231. The molecule has 0 aromatic carbocycles. The van der Waals surface area contributed by atoms with Gasteiger partial charge in [0.25, 0.3) is 5.91 Å². The first-order chi connectivity index (χ1) is 12.4. The van der Waals surface area contributed by atoms with Gasteiger partial charge in [0, 0.05) is 19.3 Å². The first-order valence-corrected chi connectivity index (χ1v) is 8.89. The Bertz CT molecular complexity index is 692. The molecular formula is C17H20F3N3O3. The summed E-state index contributed by atoms with van der Waals surface area (Å²) >= 11 is 0. The van der Waals surface area contributed by atoms with Crippen molar-refractivity contribution in [1.29, 1.82) is 0 Å². The van der Waals surface area contributed by atoms with E-state index in [1.807, 2.05) is 0 Å². The van der Waals surface area contributed by atoms with E-state index in [0.29, 0.717) is 25.0 Å². The summed E-state index contributed by atoms with van der Waals surface area (Å²) in [6.45, 7) is 1.11. The van der Waals surface area contributed by atoms with Crippen LogP contribution in [0.15, 0.2) is 6.20 Å². The average molecular weight is 371 g/mol. The van der Waals surface area contributed by atoms with Gasteiger partial charge in [-0.05, 0) is 37.5 Å². The lowest BCUT2D eigenvalue weighted by Gasteiger charge is -2.27. The summed E-state index contributed by atoms with van der Waals surface area (Å²) in [5, 5.41) is 0. The topological polar surface area (TPSA) is 64.5 Å². The monoisotopic (exact) mass is 371 g/mol. The van der Waals surface area contributed by atoms with Gasteiger partial charge in [-0.3, -0.25) is 4.79 Å². The molecule has 1 amide bonds. The zero-order valence-electron chi connectivity index (χ0n) is 14.2. The van der Waals surface area contributed by atoms with Crippen molar-refractivity contribution in [1.82, 2.24) is 14.9 Å². The molecule has 1 aromatic rings. The number of carbonyl (C=O) groups is 1. The molecule has 6 nitrogen and oxygen atoms in total. The first-order valence-electron chi connectivity index (χ1n) is 8.89. The third kappa shape index (κ3) is 3.36. The molecule has 0 N–H and O–H groups in total. The van der Waals surface area contributed by atoms with Crippen molar-refractivity contribution in [3.05, 3.63) is 17.5 Å². The van der Waals surface area contributed by atoms with E-state index in [1.165, 1.54) is 4.90 Å². The van der Waals surface area contributed by atoms with Crippen LogP contribution < -0.4 is 4.74 Å². The molecule has 2 saturated carbocycles. The van der Waals surface area contributed by atoms with Gasteiger partial charge in [0.15, 0.2) is 5.69 Å². The van der Waals surface area contributed by atoms with Crippen LogP contribution in [0, 0.1) is 11.8 Å². The number of hydrogen-bond donors (Lipinski definition) is 0. The van der Waals surface area contributed by atoms with Gasteiger partial charge >= 0.3 is 12.2 Å². The summed E-state index contributed by atoms with van der Waals surface area (Å²) < 4.78 is 51.2. The van der Waals surface area contributed by atoms with Crippen molar-refractivity contribution in [2.24, 2.45) is 11.8 Å². The third-order valence-electron chi connectivity index (χ3n) is 5.49. The number of alkyl halides is 3. The van der Waals surface area contributed by atoms with Crippen LogP contribution in [0.4, 0.5) is 13.2 Å². The van der Waals surface area contributed by atoms with Crippen LogP contribution in [0.5, 0.6) is 6.01 Å². The Kier molecular flexibility index (Phi) is 4.50. The molecule has 0 radical (unpaired) electrons. The highest BCUT2D eigenvalue weighted by Gasteiger charge is 2.43. The number of ether oxygens (including phenoxy) is 2. The fraction of sp³-hybridized carbons (Fsp3) is 0.706. The van der Waals surface area contributed by atoms with Crippen LogP contribution in [0.25, 0.3) is 0 Å². The van der Waals surface area contributed by atoms with Crippen LogP contribution in [0.1, 0.15) is 41.7 Å². The zero-order chi connectivity index (χ0) is 18.3. The van der Waals surface area contributed by atoms with Crippen LogP contribution in [0.2, 0.25) is 0 Å². The predicted octanol–water partition coefficient (Wildman–Crippen LogP) is 2.54. The highest BCUT2D eigenvalue weighted by atomic mass is 19.4. The van der Waals surface area contributed by atoms with Crippen LogP contribution in [-0.2, 0) is 10.9 Å². The molecule has 0 spiro atoms. The van der Waals surface area contributed by atoms with Crippen LogP contribution >= 0.6 is 0 Å². The van der Waals surface area contributed by atoms with E-state index in [-0.39, 0.29) is 25.2 Å². The summed E-state index contributed by atoms with van der Waals surface area (Å²) in [6.07, 6.45) is 0.147. The summed E-state index contributed by atoms with van der Waals surface area (Å²) in [7, 11) is 0. The van der Waals surface area contributed by atoms with Crippen LogP contribution in [0.3, 0.4) is 0 Å². The fourth-order valence-electron chi connectivity index (χ4n) is 4.20. The Morgan fingerprint density at radius 2 is 2.00 bits per heavy atom. The van der Waals surface area contributed by atoms with Crippen LogP contribution in [-0.4, -0.2) is 53.2 Å². The van der Waals surface area contributed by atoms with E-state index < -0.39 is 23.3 Å². The Hall–Kier alpha value is -1.90. The van der Waals surface area contributed by atoms with Gasteiger partial charge in [0.05, 0.1) is 18.8 Å². The number of aromatic nitrogens is 2. The van der Waals surface area contributed by atoms with Crippen molar-refractivity contribution in [2.75, 3.05) is 26.3 Å². The molecule has 3 atom stereocenters. The zero-order valence-corrected chi connectivity index (χ0v) is 14.2. The van der Waals surface area contributed by atoms with Gasteiger partial charge in [0.1, 0.15) is 6.10 Å². The number of morpholine rings is 1. The molecule has 2 aliphatic carbocycles. The van der Waals surface area contributed by atoms with Gasteiger partial charge < -0.3 is 14.4 Å². The summed E-state index contributed by atoms with van der Waals surface area (Å²) in [4.78, 5) is 21.3. The second kappa shape index (κ2) is 6.68. The average Bonchev–Trinajstić information content (AvgIpc) is 3.24. The van der Waals surface area contributed by atoms with Gasteiger partial charge in [-0.1, -0.05) is 0 Å². The lowest BCUT2D eigenvalue weighted by molar-refractivity contribution is -0.142. The largest absolute Gasteiger partial charge is 0.460 e. The number of halogens is 3. The summed E-state index contributed by atoms with van der Waals surface area (Å²) in [5.41, 5.74) is -1.78. The highest BCUT2D eigenvalue weighted by Crippen LogP contribution is 2.45.